The highest BCUT2D eigenvalue weighted by atomic mass is 28.4. The van der Waals surface area contributed by atoms with E-state index >= 15 is 0 Å². The van der Waals surface area contributed by atoms with Gasteiger partial charge in [0, 0.05) is 7.05 Å². The van der Waals surface area contributed by atoms with Crippen molar-refractivity contribution in [3.63, 3.8) is 0 Å². The SMILES string of the molecule is Cc1nc2n(C)c3c(ncn3[C@@H]3O[C@H](COC=O)[C@@H](O[Si](C)(C)C(C)(C)C)[C@H]3O[Si](C)(C)C(C)(C)C)c(=O)n2c1C=O. The molecule has 0 aliphatic carbocycles. The number of carbonyl (C=O) groups excluding carboxylic acids is 2. The fraction of sp³-hybridized carbons (Fsp3) is 0.679. The predicted octanol–water partition coefficient (Wildman–Crippen LogP) is 4.35. The zero-order chi connectivity index (χ0) is 31.6. The molecule has 3 aromatic heterocycles. The van der Waals surface area contributed by atoms with Crippen LogP contribution in [0.4, 0.5) is 0 Å². The third kappa shape index (κ3) is 5.31. The first-order valence-electron chi connectivity index (χ1n) is 14.2. The third-order valence-corrected chi connectivity index (χ3v) is 18.3. The van der Waals surface area contributed by atoms with Crippen LogP contribution >= 0.6 is 0 Å². The lowest BCUT2D eigenvalue weighted by molar-refractivity contribution is -0.135. The van der Waals surface area contributed by atoms with Crippen LogP contribution in [0, 0.1) is 6.92 Å². The maximum absolute atomic E-state index is 13.6. The normalized spacial score (nSPS) is 22.3. The van der Waals surface area contributed by atoms with Crippen molar-refractivity contribution in [2.45, 2.75) is 109 Å². The number of rotatable bonds is 9. The number of ether oxygens (including phenoxy) is 2. The fourth-order valence-electron chi connectivity index (χ4n) is 4.82. The molecule has 0 unspecified atom stereocenters. The Bertz CT molecular complexity index is 1560. The van der Waals surface area contributed by atoms with E-state index < -0.39 is 46.7 Å². The van der Waals surface area contributed by atoms with Crippen molar-refractivity contribution in [1.29, 1.82) is 0 Å². The van der Waals surface area contributed by atoms with E-state index in [1.165, 1.54) is 4.40 Å². The van der Waals surface area contributed by atoms with Crippen molar-refractivity contribution in [3.05, 3.63) is 28.1 Å². The summed E-state index contributed by atoms with van der Waals surface area (Å²) in [6.07, 6.45) is -0.359. The summed E-state index contributed by atoms with van der Waals surface area (Å²) in [6.45, 7) is 23.7. The number of aryl methyl sites for hydroxylation is 2. The second-order valence-electron chi connectivity index (χ2n) is 14.2. The second kappa shape index (κ2) is 10.8. The van der Waals surface area contributed by atoms with Crippen LogP contribution in [0.5, 0.6) is 0 Å². The Morgan fingerprint density at radius 2 is 1.57 bits per heavy atom. The largest absolute Gasteiger partial charge is 0.465 e. The molecular weight excluding hydrogens is 575 g/mol. The summed E-state index contributed by atoms with van der Waals surface area (Å²) in [4.78, 5) is 45.7. The molecule has 0 radical (unpaired) electrons. The van der Waals surface area contributed by atoms with E-state index in [0.717, 1.165) is 0 Å². The van der Waals surface area contributed by atoms with Crippen LogP contribution in [0.2, 0.25) is 36.3 Å². The third-order valence-electron chi connectivity index (χ3n) is 9.34. The number of imidazole rings is 2. The lowest BCUT2D eigenvalue weighted by atomic mass is 10.1. The number of fused-ring (bicyclic) bond motifs is 2. The van der Waals surface area contributed by atoms with Gasteiger partial charge < -0.3 is 18.3 Å². The minimum absolute atomic E-state index is 0.0192. The van der Waals surface area contributed by atoms with Crippen LogP contribution in [-0.2, 0) is 30.2 Å². The molecule has 232 valence electrons. The smallest absolute Gasteiger partial charge is 0.293 e. The first-order valence-corrected chi connectivity index (χ1v) is 20.0. The zero-order valence-corrected chi connectivity index (χ0v) is 28.8. The average Bonchev–Trinajstić information content (AvgIpc) is 3.54. The fourth-order valence-corrected chi connectivity index (χ4v) is 7.42. The van der Waals surface area contributed by atoms with Gasteiger partial charge in [-0.15, -0.1) is 0 Å². The number of aldehydes is 1. The average molecular weight is 620 g/mol. The van der Waals surface area contributed by atoms with Crippen molar-refractivity contribution >= 4 is 46.3 Å². The van der Waals surface area contributed by atoms with Crippen LogP contribution in [-0.4, -0.2) is 77.8 Å². The molecule has 4 atom stereocenters. The van der Waals surface area contributed by atoms with Gasteiger partial charge in [-0.25, -0.2) is 14.4 Å². The molecule has 14 heteroatoms. The Hall–Kier alpha value is -2.66. The molecular formula is C28H45N5O7Si2. The summed E-state index contributed by atoms with van der Waals surface area (Å²) >= 11 is 0. The van der Waals surface area contributed by atoms with Gasteiger partial charge in [-0.2, -0.15) is 0 Å². The van der Waals surface area contributed by atoms with E-state index in [4.69, 9.17) is 18.3 Å². The minimum atomic E-state index is -2.41. The quantitative estimate of drug-likeness (QED) is 0.254. The van der Waals surface area contributed by atoms with Gasteiger partial charge in [0.1, 0.15) is 30.6 Å². The number of hydrogen-bond acceptors (Lipinski definition) is 9. The Morgan fingerprint density at radius 3 is 2.10 bits per heavy atom. The standard InChI is InChI=1S/C28H45N5O7Si2/c1-17-18(13-34)33-24(36)20-23(31(8)26(33)30-17)32(15-29-20)25-22(40-42(11,12)28(5,6)7)21(19(38-25)14-37-16-35)39-41(9,10)27(2,3)4/h13,15-16,19,21-22,25H,14H2,1-12H3/t19-,21-,22-,25-/m1/s1. The lowest BCUT2D eigenvalue weighted by Gasteiger charge is -2.44. The van der Waals surface area contributed by atoms with Gasteiger partial charge in [-0.1, -0.05) is 41.5 Å². The number of carbonyl (C=O) groups is 2. The molecule has 0 saturated carbocycles. The molecule has 0 aromatic carbocycles. The van der Waals surface area contributed by atoms with Gasteiger partial charge in [-0.05, 0) is 43.2 Å². The summed E-state index contributed by atoms with van der Waals surface area (Å²) in [5, 5.41) is -0.222. The molecule has 0 bridgehead atoms. The molecule has 1 fully saturated rings. The van der Waals surface area contributed by atoms with Gasteiger partial charge >= 0.3 is 0 Å². The molecule has 4 rings (SSSR count). The summed E-state index contributed by atoms with van der Waals surface area (Å²) in [5.74, 6) is 0.309. The molecule has 1 aliphatic heterocycles. The topological polar surface area (TPSA) is 128 Å². The highest BCUT2D eigenvalue weighted by molar-refractivity contribution is 6.74. The van der Waals surface area contributed by atoms with Crippen LogP contribution in [0.15, 0.2) is 11.1 Å². The van der Waals surface area contributed by atoms with Crippen LogP contribution in [0.1, 0.15) is 64.0 Å². The maximum Gasteiger partial charge on any atom is 0.293 e. The van der Waals surface area contributed by atoms with Crippen molar-refractivity contribution in [1.82, 2.24) is 23.5 Å². The van der Waals surface area contributed by atoms with Gasteiger partial charge in [0.2, 0.25) is 5.78 Å². The number of aromatic nitrogens is 5. The molecule has 42 heavy (non-hydrogen) atoms. The van der Waals surface area contributed by atoms with Crippen molar-refractivity contribution < 1.29 is 27.9 Å². The summed E-state index contributed by atoms with van der Waals surface area (Å²) in [7, 11) is -3.00. The first-order chi connectivity index (χ1) is 19.3. The molecule has 12 nitrogen and oxygen atoms in total. The van der Waals surface area contributed by atoms with E-state index in [-0.39, 0.29) is 27.9 Å². The number of nitrogens with zero attached hydrogens (tertiary/aromatic N) is 5. The molecule has 3 aromatic rings. The first kappa shape index (κ1) is 32.3. The van der Waals surface area contributed by atoms with Crippen molar-refractivity contribution in [2.24, 2.45) is 7.05 Å². The maximum atomic E-state index is 13.6. The lowest BCUT2D eigenvalue weighted by Crippen LogP contribution is -2.54. The molecule has 0 N–H and O–H groups in total. The molecule has 1 saturated heterocycles. The van der Waals surface area contributed by atoms with Crippen molar-refractivity contribution in [3.8, 4) is 0 Å². The highest BCUT2D eigenvalue weighted by Crippen LogP contribution is 2.46. The van der Waals surface area contributed by atoms with Gasteiger partial charge in [-0.3, -0.25) is 23.5 Å². The minimum Gasteiger partial charge on any atom is -0.465 e. The Labute approximate surface area is 248 Å². The van der Waals surface area contributed by atoms with E-state index in [1.54, 1.807) is 29.4 Å². The predicted molar refractivity (Wildman–Crippen MR) is 164 cm³/mol. The molecule has 1 aliphatic rings. The van der Waals surface area contributed by atoms with Crippen LogP contribution in [0.25, 0.3) is 16.9 Å². The second-order valence-corrected chi connectivity index (χ2v) is 23.7. The highest BCUT2D eigenvalue weighted by Gasteiger charge is 2.54. The van der Waals surface area contributed by atoms with Crippen molar-refractivity contribution in [2.75, 3.05) is 6.61 Å². The summed E-state index contributed by atoms with van der Waals surface area (Å²) in [6, 6.07) is 0. The monoisotopic (exact) mass is 619 g/mol. The van der Waals surface area contributed by atoms with Crippen LogP contribution in [0.3, 0.4) is 0 Å². The Balaban J connectivity index is 1.95. The summed E-state index contributed by atoms with van der Waals surface area (Å²) in [5.41, 5.74) is 0.810. The van der Waals surface area contributed by atoms with Gasteiger partial charge in [0.05, 0.1) is 12.0 Å². The molecule has 0 amide bonds. The summed E-state index contributed by atoms with van der Waals surface area (Å²) < 4.78 is 30.8. The Morgan fingerprint density at radius 1 is 1.00 bits per heavy atom. The van der Waals surface area contributed by atoms with Gasteiger partial charge in [0.25, 0.3) is 12.0 Å². The van der Waals surface area contributed by atoms with Gasteiger partial charge in [0.15, 0.2) is 40.3 Å². The van der Waals surface area contributed by atoms with E-state index in [2.05, 4.69) is 77.7 Å². The zero-order valence-electron chi connectivity index (χ0n) is 26.8. The van der Waals surface area contributed by atoms with E-state index in [0.29, 0.717) is 29.9 Å². The molecule has 4 heterocycles. The van der Waals surface area contributed by atoms with E-state index in [1.807, 2.05) is 0 Å². The van der Waals surface area contributed by atoms with E-state index in [9.17, 15) is 14.4 Å². The Kier molecular flexibility index (Phi) is 8.30. The number of hydrogen-bond donors (Lipinski definition) is 0. The van der Waals surface area contributed by atoms with Crippen LogP contribution < -0.4 is 5.56 Å². The molecule has 0 spiro atoms.